The van der Waals surface area contributed by atoms with Gasteiger partial charge >= 0.3 is 0 Å². The SMILES string of the molecule is Cc1ccc(C(C)NC(=O)CCNc2ccccc2[N+](=O)[O-])o1. The van der Waals surface area contributed by atoms with Gasteiger partial charge in [-0.05, 0) is 32.0 Å². The zero-order valence-corrected chi connectivity index (χ0v) is 13.0. The number of nitro benzene ring substituents is 1. The lowest BCUT2D eigenvalue weighted by atomic mass is 10.2. The van der Waals surface area contributed by atoms with E-state index in [0.29, 0.717) is 18.0 Å². The van der Waals surface area contributed by atoms with Crippen LogP contribution >= 0.6 is 0 Å². The fraction of sp³-hybridized carbons (Fsp3) is 0.312. The van der Waals surface area contributed by atoms with E-state index in [1.165, 1.54) is 6.07 Å². The lowest BCUT2D eigenvalue weighted by molar-refractivity contribution is -0.384. The van der Waals surface area contributed by atoms with Crippen molar-refractivity contribution in [3.05, 3.63) is 58.0 Å². The maximum Gasteiger partial charge on any atom is 0.292 e. The Balaban J connectivity index is 1.82. The lowest BCUT2D eigenvalue weighted by Gasteiger charge is -2.12. The molecule has 2 rings (SSSR count). The average Bonchev–Trinajstić information content (AvgIpc) is 2.94. The van der Waals surface area contributed by atoms with Gasteiger partial charge in [-0.25, -0.2) is 0 Å². The average molecular weight is 317 g/mol. The third-order valence-electron chi connectivity index (χ3n) is 3.33. The molecule has 0 saturated carbocycles. The van der Waals surface area contributed by atoms with Crippen LogP contribution in [0.15, 0.2) is 40.8 Å². The monoisotopic (exact) mass is 317 g/mol. The smallest absolute Gasteiger partial charge is 0.292 e. The molecule has 1 unspecified atom stereocenters. The topological polar surface area (TPSA) is 97.4 Å². The minimum absolute atomic E-state index is 0.00710. The molecule has 1 amide bonds. The predicted molar refractivity (Wildman–Crippen MR) is 86.2 cm³/mol. The number of nitrogens with zero attached hydrogens (tertiary/aromatic N) is 1. The summed E-state index contributed by atoms with van der Waals surface area (Å²) < 4.78 is 5.46. The number of rotatable bonds is 7. The number of aryl methyl sites for hydroxylation is 1. The summed E-state index contributed by atoms with van der Waals surface area (Å²) >= 11 is 0. The summed E-state index contributed by atoms with van der Waals surface area (Å²) in [4.78, 5) is 22.4. The molecule has 122 valence electrons. The summed E-state index contributed by atoms with van der Waals surface area (Å²) in [5, 5.41) is 16.6. The van der Waals surface area contributed by atoms with E-state index in [1.54, 1.807) is 18.2 Å². The molecule has 0 spiro atoms. The Hall–Kier alpha value is -2.83. The molecule has 0 bridgehead atoms. The number of para-hydroxylation sites is 2. The van der Waals surface area contributed by atoms with Crippen LogP contribution in [0.3, 0.4) is 0 Å². The fourth-order valence-corrected chi connectivity index (χ4v) is 2.16. The molecular formula is C16H19N3O4. The molecule has 1 aromatic heterocycles. The van der Waals surface area contributed by atoms with Gasteiger partial charge in [0.25, 0.3) is 5.69 Å². The van der Waals surface area contributed by atoms with Crippen molar-refractivity contribution in [2.45, 2.75) is 26.3 Å². The molecular weight excluding hydrogens is 298 g/mol. The lowest BCUT2D eigenvalue weighted by Crippen LogP contribution is -2.28. The molecule has 2 aromatic rings. The summed E-state index contributed by atoms with van der Waals surface area (Å²) in [5.41, 5.74) is 0.396. The van der Waals surface area contributed by atoms with E-state index < -0.39 is 4.92 Å². The van der Waals surface area contributed by atoms with Crippen LogP contribution in [0.25, 0.3) is 0 Å². The molecule has 7 nitrogen and oxygen atoms in total. The largest absolute Gasteiger partial charge is 0.464 e. The first-order valence-electron chi connectivity index (χ1n) is 7.30. The van der Waals surface area contributed by atoms with Crippen LogP contribution in [-0.4, -0.2) is 17.4 Å². The molecule has 7 heteroatoms. The number of benzene rings is 1. The minimum atomic E-state index is -0.455. The highest BCUT2D eigenvalue weighted by atomic mass is 16.6. The molecule has 1 aromatic carbocycles. The van der Waals surface area contributed by atoms with E-state index in [0.717, 1.165) is 5.76 Å². The third-order valence-corrected chi connectivity index (χ3v) is 3.33. The molecule has 0 aliphatic rings. The van der Waals surface area contributed by atoms with Gasteiger partial charge in [0.15, 0.2) is 0 Å². The first-order chi connectivity index (χ1) is 11.0. The van der Waals surface area contributed by atoms with Crippen LogP contribution in [0.1, 0.15) is 30.9 Å². The highest BCUT2D eigenvalue weighted by Crippen LogP contribution is 2.23. The first-order valence-corrected chi connectivity index (χ1v) is 7.30. The second-order valence-corrected chi connectivity index (χ2v) is 5.19. The van der Waals surface area contributed by atoms with E-state index in [9.17, 15) is 14.9 Å². The normalized spacial score (nSPS) is 11.7. The Morgan fingerprint density at radius 3 is 2.70 bits per heavy atom. The van der Waals surface area contributed by atoms with E-state index in [1.807, 2.05) is 26.0 Å². The van der Waals surface area contributed by atoms with Crippen molar-refractivity contribution in [1.82, 2.24) is 5.32 Å². The zero-order valence-electron chi connectivity index (χ0n) is 13.0. The number of amides is 1. The van der Waals surface area contributed by atoms with Crippen LogP contribution in [0.4, 0.5) is 11.4 Å². The number of carbonyl (C=O) groups excluding carboxylic acids is 1. The Kier molecular flexibility index (Phi) is 5.35. The molecule has 0 radical (unpaired) electrons. The number of hydrogen-bond donors (Lipinski definition) is 2. The van der Waals surface area contributed by atoms with Crippen molar-refractivity contribution in [1.29, 1.82) is 0 Å². The predicted octanol–water partition coefficient (Wildman–Crippen LogP) is 3.18. The van der Waals surface area contributed by atoms with Gasteiger partial charge in [-0.3, -0.25) is 14.9 Å². The van der Waals surface area contributed by atoms with Crippen molar-refractivity contribution >= 4 is 17.3 Å². The van der Waals surface area contributed by atoms with Crippen LogP contribution in [-0.2, 0) is 4.79 Å². The number of nitrogens with one attached hydrogen (secondary N) is 2. The van der Waals surface area contributed by atoms with E-state index >= 15 is 0 Å². The molecule has 1 atom stereocenters. The molecule has 0 saturated heterocycles. The molecule has 2 N–H and O–H groups in total. The maximum absolute atomic E-state index is 11.9. The van der Waals surface area contributed by atoms with E-state index in [-0.39, 0.29) is 24.1 Å². The standard InChI is InChI=1S/C16H19N3O4/c1-11-7-8-15(23-11)12(2)18-16(20)9-10-17-13-5-3-4-6-14(13)19(21)22/h3-8,12,17H,9-10H2,1-2H3,(H,18,20). The van der Waals surface area contributed by atoms with Crippen LogP contribution < -0.4 is 10.6 Å². The third kappa shape index (κ3) is 4.57. The fourth-order valence-electron chi connectivity index (χ4n) is 2.16. The van der Waals surface area contributed by atoms with Crippen LogP contribution in [0.5, 0.6) is 0 Å². The second-order valence-electron chi connectivity index (χ2n) is 5.19. The van der Waals surface area contributed by atoms with Gasteiger partial charge in [0.2, 0.25) is 5.91 Å². The highest BCUT2D eigenvalue weighted by molar-refractivity contribution is 5.77. The summed E-state index contributed by atoms with van der Waals surface area (Å²) in [7, 11) is 0. The number of furan rings is 1. The van der Waals surface area contributed by atoms with Gasteiger partial charge in [0.05, 0.1) is 11.0 Å². The summed E-state index contributed by atoms with van der Waals surface area (Å²) in [6.07, 6.45) is 0.204. The van der Waals surface area contributed by atoms with Crippen molar-refractivity contribution < 1.29 is 14.1 Å². The van der Waals surface area contributed by atoms with Gasteiger partial charge in [0.1, 0.15) is 17.2 Å². The summed E-state index contributed by atoms with van der Waals surface area (Å²) in [6, 6.07) is 9.79. The zero-order chi connectivity index (χ0) is 16.8. The Morgan fingerprint density at radius 1 is 1.30 bits per heavy atom. The quantitative estimate of drug-likeness (QED) is 0.604. The number of nitro groups is 1. The molecule has 0 aliphatic carbocycles. The van der Waals surface area contributed by atoms with E-state index in [2.05, 4.69) is 10.6 Å². The molecule has 0 fully saturated rings. The van der Waals surface area contributed by atoms with Gasteiger partial charge in [0, 0.05) is 19.0 Å². The van der Waals surface area contributed by atoms with Gasteiger partial charge in [-0.2, -0.15) is 0 Å². The van der Waals surface area contributed by atoms with Crippen LogP contribution in [0.2, 0.25) is 0 Å². The Bertz CT molecular complexity index is 696. The summed E-state index contributed by atoms with van der Waals surface area (Å²) in [5.74, 6) is 1.33. The Morgan fingerprint density at radius 2 is 2.04 bits per heavy atom. The van der Waals surface area contributed by atoms with Crippen molar-refractivity contribution in [2.75, 3.05) is 11.9 Å². The van der Waals surface area contributed by atoms with E-state index in [4.69, 9.17) is 4.42 Å². The second kappa shape index (κ2) is 7.44. The molecule has 1 heterocycles. The van der Waals surface area contributed by atoms with Gasteiger partial charge in [-0.15, -0.1) is 0 Å². The molecule has 0 aliphatic heterocycles. The Labute approximate surface area is 133 Å². The van der Waals surface area contributed by atoms with Gasteiger partial charge in [-0.1, -0.05) is 12.1 Å². The molecule has 23 heavy (non-hydrogen) atoms. The minimum Gasteiger partial charge on any atom is -0.464 e. The number of hydrogen-bond acceptors (Lipinski definition) is 5. The number of anilines is 1. The van der Waals surface area contributed by atoms with Crippen molar-refractivity contribution in [3.8, 4) is 0 Å². The highest BCUT2D eigenvalue weighted by Gasteiger charge is 2.14. The number of carbonyl (C=O) groups is 1. The van der Waals surface area contributed by atoms with Crippen molar-refractivity contribution in [2.24, 2.45) is 0 Å². The maximum atomic E-state index is 11.9. The summed E-state index contributed by atoms with van der Waals surface area (Å²) in [6.45, 7) is 3.99. The van der Waals surface area contributed by atoms with Crippen molar-refractivity contribution in [3.63, 3.8) is 0 Å². The van der Waals surface area contributed by atoms with Crippen LogP contribution in [0, 0.1) is 17.0 Å². The first kappa shape index (κ1) is 16.5. The van der Waals surface area contributed by atoms with Gasteiger partial charge < -0.3 is 15.1 Å².